The Bertz CT molecular complexity index is 532. The molecule has 0 unspecified atom stereocenters. The number of fused-ring (bicyclic) bond motifs is 1. The second kappa shape index (κ2) is 5.85. The molecular weight excluding hydrogens is 329 g/mol. The SMILES string of the molecule is CN=C(N)NCc1nc2ccccc2n1C.I. The molecule has 3 N–H and O–H groups in total. The van der Waals surface area contributed by atoms with Crippen LogP contribution < -0.4 is 11.1 Å². The molecule has 0 aliphatic rings. The predicted octanol–water partition coefficient (Wildman–Crippen LogP) is 1.23. The molecule has 2 rings (SSSR count). The van der Waals surface area contributed by atoms with Crippen molar-refractivity contribution in [2.45, 2.75) is 6.54 Å². The largest absolute Gasteiger partial charge is 0.370 e. The quantitative estimate of drug-likeness (QED) is 0.489. The van der Waals surface area contributed by atoms with Gasteiger partial charge in [0.25, 0.3) is 0 Å². The summed E-state index contributed by atoms with van der Waals surface area (Å²) in [5.74, 6) is 1.36. The number of imidazole rings is 1. The number of nitrogens with zero attached hydrogens (tertiary/aromatic N) is 3. The number of benzene rings is 1. The Morgan fingerprint density at radius 3 is 2.82 bits per heavy atom. The maximum absolute atomic E-state index is 5.57. The first-order valence-electron chi connectivity index (χ1n) is 5.09. The van der Waals surface area contributed by atoms with E-state index in [0.717, 1.165) is 16.9 Å². The van der Waals surface area contributed by atoms with Crippen LogP contribution >= 0.6 is 24.0 Å². The Hall–Kier alpha value is -1.31. The molecule has 0 saturated carbocycles. The summed E-state index contributed by atoms with van der Waals surface area (Å²) in [7, 11) is 3.64. The van der Waals surface area contributed by atoms with Crippen molar-refractivity contribution in [3.05, 3.63) is 30.1 Å². The summed E-state index contributed by atoms with van der Waals surface area (Å²) >= 11 is 0. The summed E-state index contributed by atoms with van der Waals surface area (Å²) in [4.78, 5) is 8.34. The van der Waals surface area contributed by atoms with Crippen LogP contribution in [0.1, 0.15) is 5.82 Å². The van der Waals surface area contributed by atoms with Gasteiger partial charge in [0.2, 0.25) is 0 Å². The van der Waals surface area contributed by atoms with E-state index in [2.05, 4.69) is 15.3 Å². The second-order valence-corrected chi connectivity index (χ2v) is 3.54. The minimum atomic E-state index is 0. The number of aliphatic imine (C=N–C) groups is 1. The zero-order valence-electron chi connectivity index (χ0n) is 9.84. The van der Waals surface area contributed by atoms with Gasteiger partial charge in [-0.05, 0) is 12.1 Å². The van der Waals surface area contributed by atoms with E-state index in [4.69, 9.17) is 5.73 Å². The summed E-state index contributed by atoms with van der Waals surface area (Å²) in [6.07, 6.45) is 0. The lowest BCUT2D eigenvalue weighted by Crippen LogP contribution is -2.31. The van der Waals surface area contributed by atoms with Crippen LogP contribution in [0.2, 0.25) is 0 Å². The number of aromatic nitrogens is 2. The molecule has 0 spiro atoms. The van der Waals surface area contributed by atoms with Crippen molar-refractivity contribution < 1.29 is 0 Å². The Morgan fingerprint density at radius 1 is 1.47 bits per heavy atom. The third kappa shape index (κ3) is 2.87. The van der Waals surface area contributed by atoms with E-state index < -0.39 is 0 Å². The van der Waals surface area contributed by atoms with Crippen molar-refractivity contribution in [2.24, 2.45) is 17.8 Å². The molecular formula is C11H16IN5. The third-order valence-corrected chi connectivity index (χ3v) is 2.55. The van der Waals surface area contributed by atoms with E-state index in [1.807, 2.05) is 35.9 Å². The summed E-state index contributed by atoms with van der Waals surface area (Å²) in [6, 6.07) is 8.02. The Labute approximate surface area is 117 Å². The summed E-state index contributed by atoms with van der Waals surface area (Å²) in [5.41, 5.74) is 7.68. The molecule has 0 radical (unpaired) electrons. The molecule has 0 atom stereocenters. The van der Waals surface area contributed by atoms with Crippen LogP contribution in [0.4, 0.5) is 0 Å². The van der Waals surface area contributed by atoms with Crippen LogP contribution in [0, 0.1) is 0 Å². The first kappa shape index (κ1) is 13.8. The van der Waals surface area contributed by atoms with Gasteiger partial charge in [-0.3, -0.25) is 4.99 Å². The van der Waals surface area contributed by atoms with Crippen molar-refractivity contribution in [3.63, 3.8) is 0 Å². The summed E-state index contributed by atoms with van der Waals surface area (Å²) < 4.78 is 2.05. The number of hydrogen-bond acceptors (Lipinski definition) is 2. The molecule has 0 amide bonds. The number of aryl methyl sites for hydroxylation is 1. The van der Waals surface area contributed by atoms with Gasteiger partial charge in [0.1, 0.15) is 5.82 Å². The molecule has 92 valence electrons. The molecule has 0 fully saturated rings. The van der Waals surface area contributed by atoms with Gasteiger partial charge in [-0.15, -0.1) is 24.0 Å². The fraction of sp³-hybridized carbons (Fsp3) is 0.273. The second-order valence-electron chi connectivity index (χ2n) is 3.54. The number of hydrogen-bond donors (Lipinski definition) is 2. The molecule has 1 aromatic carbocycles. The van der Waals surface area contributed by atoms with E-state index in [-0.39, 0.29) is 24.0 Å². The maximum Gasteiger partial charge on any atom is 0.188 e. The molecule has 2 aromatic rings. The highest BCUT2D eigenvalue weighted by molar-refractivity contribution is 14.0. The van der Waals surface area contributed by atoms with Crippen LogP contribution in [-0.4, -0.2) is 22.6 Å². The lowest BCUT2D eigenvalue weighted by molar-refractivity contribution is 0.760. The minimum absolute atomic E-state index is 0. The average Bonchev–Trinajstić information content (AvgIpc) is 2.64. The fourth-order valence-corrected chi connectivity index (χ4v) is 1.60. The minimum Gasteiger partial charge on any atom is -0.370 e. The topological polar surface area (TPSA) is 68.2 Å². The Kier molecular flexibility index (Phi) is 4.73. The smallest absolute Gasteiger partial charge is 0.188 e. The van der Waals surface area contributed by atoms with E-state index >= 15 is 0 Å². The number of halogens is 1. The van der Waals surface area contributed by atoms with E-state index in [9.17, 15) is 0 Å². The molecule has 0 saturated heterocycles. The molecule has 0 bridgehead atoms. The first-order valence-corrected chi connectivity index (χ1v) is 5.09. The predicted molar refractivity (Wildman–Crippen MR) is 80.5 cm³/mol. The van der Waals surface area contributed by atoms with Crippen molar-refractivity contribution in [1.82, 2.24) is 14.9 Å². The van der Waals surface area contributed by atoms with Gasteiger partial charge < -0.3 is 15.6 Å². The van der Waals surface area contributed by atoms with Crippen LogP contribution in [0.5, 0.6) is 0 Å². The monoisotopic (exact) mass is 345 g/mol. The van der Waals surface area contributed by atoms with Gasteiger partial charge in [-0.1, -0.05) is 12.1 Å². The van der Waals surface area contributed by atoms with E-state index in [1.54, 1.807) is 7.05 Å². The number of nitrogens with one attached hydrogen (secondary N) is 1. The van der Waals surface area contributed by atoms with Gasteiger partial charge in [0.05, 0.1) is 17.6 Å². The molecule has 5 nitrogen and oxygen atoms in total. The third-order valence-electron chi connectivity index (χ3n) is 2.55. The number of para-hydroxylation sites is 2. The Balaban J connectivity index is 0.00000144. The van der Waals surface area contributed by atoms with Gasteiger partial charge in [0, 0.05) is 14.1 Å². The lowest BCUT2D eigenvalue weighted by Gasteiger charge is -2.04. The molecule has 0 aliphatic heterocycles. The van der Waals surface area contributed by atoms with Crippen molar-refractivity contribution in [1.29, 1.82) is 0 Å². The molecule has 6 heteroatoms. The summed E-state index contributed by atoms with van der Waals surface area (Å²) in [5, 5.41) is 2.99. The fourth-order valence-electron chi connectivity index (χ4n) is 1.60. The summed E-state index contributed by atoms with van der Waals surface area (Å²) in [6.45, 7) is 0.578. The first-order chi connectivity index (χ1) is 7.72. The van der Waals surface area contributed by atoms with Gasteiger partial charge in [-0.25, -0.2) is 4.98 Å². The van der Waals surface area contributed by atoms with Crippen LogP contribution in [0.25, 0.3) is 11.0 Å². The highest BCUT2D eigenvalue weighted by atomic mass is 127. The normalized spacial score (nSPS) is 11.3. The van der Waals surface area contributed by atoms with Gasteiger partial charge in [0.15, 0.2) is 5.96 Å². The lowest BCUT2D eigenvalue weighted by atomic mass is 10.3. The van der Waals surface area contributed by atoms with Crippen molar-refractivity contribution in [2.75, 3.05) is 7.05 Å². The van der Waals surface area contributed by atoms with Crippen LogP contribution in [0.3, 0.4) is 0 Å². The maximum atomic E-state index is 5.57. The standard InChI is InChI=1S/C11H15N5.HI/c1-13-11(12)14-7-10-15-8-5-3-4-6-9(8)16(10)2;/h3-6H,7H2,1-2H3,(H3,12,13,14);1H. The highest BCUT2D eigenvalue weighted by Crippen LogP contribution is 2.13. The number of guanidine groups is 1. The van der Waals surface area contributed by atoms with Crippen LogP contribution in [0.15, 0.2) is 29.3 Å². The number of rotatable bonds is 2. The zero-order chi connectivity index (χ0) is 11.5. The van der Waals surface area contributed by atoms with Gasteiger partial charge in [-0.2, -0.15) is 0 Å². The Morgan fingerprint density at radius 2 is 2.18 bits per heavy atom. The van der Waals surface area contributed by atoms with E-state index in [1.165, 1.54) is 0 Å². The van der Waals surface area contributed by atoms with Gasteiger partial charge >= 0.3 is 0 Å². The van der Waals surface area contributed by atoms with Crippen LogP contribution in [-0.2, 0) is 13.6 Å². The molecule has 0 aliphatic carbocycles. The van der Waals surface area contributed by atoms with E-state index in [0.29, 0.717) is 12.5 Å². The van der Waals surface area contributed by atoms with Crippen molar-refractivity contribution >= 4 is 41.0 Å². The zero-order valence-corrected chi connectivity index (χ0v) is 12.2. The molecule has 17 heavy (non-hydrogen) atoms. The molecule has 1 aromatic heterocycles. The molecule has 1 heterocycles. The number of nitrogens with two attached hydrogens (primary N) is 1. The van der Waals surface area contributed by atoms with Crippen molar-refractivity contribution in [3.8, 4) is 0 Å². The average molecular weight is 345 g/mol. The highest BCUT2D eigenvalue weighted by Gasteiger charge is 2.06.